The van der Waals surface area contributed by atoms with Gasteiger partial charge in [0.2, 0.25) is 5.91 Å². The Morgan fingerprint density at radius 2 is 2.00 bits per heavy atom. The van der Waals surface area contributed by atoms with Crippen LogP contribution in [0.2, 0.25) is 0 Å². The van der Waals surface area contributed by atoms with Gasteiger partial charge in [0.1, 0.15) is 11.8 Å². The summed E-state index contributed by atoms with van der Waals surface area (Å²) in [7, 11) is 0. The van der Waals surface area contributed by atoms with Crippen molar-refractivity contribution < 1.29 is 22.7 Å². The number of ether oxygens (including phenoxy) is 1. The molecule has 4 nitrogen and oxygen atoms in total. The van der Waals surface area contributed by atoms with Gasteiger partial charge in [-0.05, 0) is 32.8 Å². The summed E-state index contributed by atoms with van der Waals surface area (Å²) in [6.45, 7) is 3.80. The van der Waals surface area contributed by atoms with E-state index in [1.54, 1.807) is 24.3 Å². The molecule has 2 atom stereocenters. The lowest BCUT2D eigenvalue weighted by atomic mass is 9.91. The van der Waals surface area contributed by atoms with Crippen LogP contribution in [0.3, 0.4) is 0 Å². The molecular formula is C17H23F3N2O2. The molecule has 1 heterocycles. The van der Waals surface area contributed by atoms with Crippen LogP contribution in [0.15, 0.2) is 24.3 Å². The molecule has 24 heavy (non-hydrogen) atoms. The first-order valence-corrected chi connectivity index (χ1v) is 8.03. The number of hydrogen-bond acceptors (Lipinski definition) is 3. The number of rotatable bonds is 5. The smallest absolute Gasteiger partial charge is 0.404 e. The number of hydrogen-bond donors (Lipinski definition) is 1. The second-order valence-corrected chi connectivity index (χ2v) is 6.44. The van der Waals surface area contributed by atoms with Gasteiger partial charge in [-0.2, -0.15) is 13.2 Å². The molecule has 1 aliphatic rings. The van der Waals surface area contributed by atoms with Gasteiger partial charge in [-0.25, -0.2) is 0 Å². The Kier molecular flexibility index (Phi) is 5.74. The Hall–Kier alpha value is -1.76. The van der Waals surface area contributed by atoms with Crippen LogP contribution < -0.4 is 10.5 Å². The van der Waals surface area contributed by atoms with E-state index in [0.717, 1.165) is 0 Å². The van der Waals surface area contributed by atoms with Crippen LogP contribution in [-0.2, 0) is 11.3 Å². The maximum absolute atomic E-state index is 13.3. The fraction of sp³-hybridized carbons (Fsp3) is 0.588. The molecule has 134 valence electrons. The SMILES string of the molecule is CC(C)Oc1ccccc1CN1C[C@H](C(N)=O)CC[C@H]1C(F)(F)F. The van der Waals surface area contributed by atoms with Crippen molar-refractivity contribution in [3.63, 3.8) is 0 Å². The van der Waals surface area contributed by atoms with Crippen molar-refractivity contribution in [1.82, 2.24) is 4.90 Å². The molecule has 1 saturated heterocycles. The maximum atomic E-state index is 13.3. The number of carbonyl (C=O) groups excluding carboxylic acids is 1. The standard InChI is InChI=1S/C17H23F3N2O2/c1-11(2)24-14-6-4-3-5-12(14)9-22-10-13(16(21)23)7-8-15(22)17(18,19)20/h3-6,11,13,15H,7-10H2,1-2H3,(H2,21,23)/t13-,15+/m1/s1. The normalized spacial score (nSPS) is 22.6. The highest BCUT2D eigenvalue weighted by Crippen LogP contribution is 2.35. The summed E-state index contributed by atoms with van der Waals surface area (Å²) in [5, 5.41) is 0. The quantitative estimate of drug-likeness (QED) is 0.893. The predicted octanol–water partition coefficient (Wildman–Crippen LogP) is 3.10. The molecule has 0 aliphatic carbocycles. The Morgan fingerprint density at radius 1 is 1.33 bits per heavy atom. The molecule has 1 fully saturated rings. The van der Waals surface area contributed by atoms with Gasteiger partial charge in [0.05, 0.1) is 12.0 Å². The van der Waals surface area contributed by atoms with E-state index in [2.05, 4.69) is 0 Å². The summed E-state index contributed by atoms with van der Waals surface area (Å²) in [5.41, 5.74) is 5.97. The van der Waals surface area contributed by atoms with Gasteiger partial charge in [-0.15, -0.1) is 0 Å². The van der Waals surface area contributed by atoms with E-state index >= 15 is 0 Å². The summed E-state index contributed by atoms with van der Waals surface area (Å²) in [6, 6.07) is 5.47. The van der Waals surface area contributed by atoms with Crippen molar-refractivity contribution in [1.29, 1.82) is 0 Å². The molecule has 1 aromatic carbocycles. The number of primary amides is 1. The number of carbonyl (C=O) groups is 1. The van der Waals surface area contributed by atoms with Crippen LogP contribution in [0.5, 0.6) is 5.75 Å². The van der Waals surface area contributed by atoms with Crippen LogP contribution in [0.1, 0.15) is 32.3 Å². The third-order valence-corrected chi connectivity index (χ3v) is 4.17. The first-order chi connectivity index (χ1) is 11.2. The molecule has 2 N–H and O–H groups in total. The zero-order valence-corrected chi connectivity index (χ0v) is 13.8. The van der Waals surface area contributed by atoms with E-state index in [1.165, 1.54) is 4.90 Å². The van der Waals surface area contributed by atoms with Gasteiger partial charge in [0.25, 0.3) is 0 Å². The number of benzene rings is 1. The van der Waals surface area contributed by atoms with Gasteiger partial charge in [-0.3, -0.25) is 9.69 Å². The number of halogens is 3. The average Bonchev–Trinajstić information content (AvgIpc) is 2.47. The molecule has 0 aromatic heterocycles. The number of alkyl halides is 3. The van der Waals surface area contributed by atoms with Crippen LogP contribution in [-0.4, -0.2) is 35.7 Å². The lowest BCUT2D eigenvalue weighted by molar-refractivity contribution is -0.197. The van der Waals surface area contributed by atoms with Crippen molar-refractivity contribution >= 4 is 5.91 Å². The zero-order chi connectivity index (χ0) is 17.9. The number of para-hydroxylation sites is 1. The van der Waals surface area contributed by atoms with Gasteiger partial charge >= 0.3 is 6.18 Å². The lowest BCUT2D eigenvalue weighted by Crippen LogP contribution is -2.52. The highest BCUT2D eigenvalue weighted by atomic mass is 19.4. The van der Waals surface area contributed by atoms with E-state index < -0.39 is 24.0 Å². The van der Waals surface area contributed by atoms with Crippen LogP contribution in [0.25, 0.3) is 0 Å². The van der Waals surface area contributed by atoms with Crippen LogP contribution >= 0.6 is 0 Å². The summed E-state index contributed by atoms with van der Waals surface area (Å²) < 4.78 is 45.7. The molecule has 7 heteroatoms. The molecule has 2 rings (SSSR count). The number of likely N-dealkylation sites (tertiary alicyclic amines) is 1. The van der Waals surface area contributed by atoms with E-state index in [-0.39, 0.29) is 32.0 Å². The lowest BCUT2D eigenvalue weighted by Gasteiger charge is -2.39. The first kappa shape index (κ1) is 18.6. The molecule has 0 unspecified atom stereocenters. The van der Waals surface area contributed by atoms with E-state index in [4.69, 9.17) is 10.5 Å². The van der Waals surface area contributed by atoms with Crippen molar-refractivity contribution in [3.8, 4) is 5.75 Å². The third-order valence-electron chi connectivity index (χ3n) is 4.17. The fourth-order valence-corrected chi connectivity index (χ4v) is 3.04. The number of nitrogens with two attached hydrogens (primary N) is 1. The van der Waals surface area contributed by atoms with E-state index in [0.29, 0.717) is 11.3 Å². The predicted molar refractivity (Wildman–Crippen MR) is 84.4 cm³/mol. The molecule has 0 spiro atoms. The van der Waals surface area contributed by atoms with E-state index in [1.807, 2.05) is 13.8 Å². The Labute approximate surface area is 139 Å². The minimum Gasteiger partial charge on any atom is -0.491 e. The largest absolute Gasteiger partial charge is 0.491 e. The maximum Gasteiger partial charge on any atom is 0.404 e. The Bertz CT molecular complexity index is 575. The Morgan fingerprint density at radius 3 is 2.58 bits per heavy atom. The minimum atomic E-state index is -4.34. The average molecular weight is 344 g/mol. The number of piperidine rings is 1. The highest BCUT2D eigenvalue weighted by molar-refractivity contribution is 5.77. The van der Waals surface area contributed by atoms with Gasteiger partial charge in [0.15, 0.2) is 0 Å². The van der Waals surface area contributed by atoms with Crippen molar-refractivity contribution in [3.05, 3.63) is 29.8 Å². The zero-order valence-electron chi connectivity index (χ0n) is 13.8. The molecule has 1 aromatic rings. The molecule has 0 saturated carbocycles. The number of nitrogens with zero attached hydrogens (tertiary/aromatic N) is 1. The monoisotopic (exact) mass is 344 g/mol. The first-order valence-electron chi connectivity index (χ1n) is 8.03. The third kappa shape index (κ3) is 4.63. The Balaban J connectivity index is 2.24. The summed E-state index contributed by atoms with van der Waals surface area (Å²) in [4.78, 5) is 12.7. The summed E-state index contributed by atoms with van der Waals surface area (Å²) >= 11 is 0. The van der Waals surface area contributed by atoms with Gasteiger partial charge in [-0.1, -0.05) is 18.2 Å². The molecule has 0 bridgehead atoms. The number of amides is 1. The van der Waals surface area contributed by atoms with Crippen molar-refractivity contribution in [2.75, 3.05) is 6.54 Å². The highest BCUT2D eigenvalue weighted by Gasteiger charge is 2.47. The molecular weight excluding hydrogens is 321 g/mol. The summed E-state index contributed by atoms with van der Waals surface area (Å²) in [5.74, 6) is -0.538. The molecule has 1 amide bonds. The van der Waals surface area contributed by atoms with Gasteiger partial charge in [0, 0.05) is 18.7 Å². The summed E-state index contributed by atoms with van der Waals surface area (Å²) in [6.07, 6.45) is -4.37. The second kappa shape index (κ2) is 7.42. The van der Waals surface area contributed by atoms with Gasteiger partial charge < -0.3 is 10.5 Å². The molecule has 0 radical (unpaired) electrons. The van der Waals surface area contributed by atoms with Crippen molar-refractivity contribution in [2.24, 2.45) is 11.7 Å². The van der Waals surface area contributed by atoms with E-state index in [9.17, 15) is 18.0 Å². The second-order valence-electron chi connectivity index (χ2n) is 6.44. The fourth-order valence-electron chi connectivity index (χ4n) is 3.04. The van der Waals surface area contributed by atoms with Crippen LogP contribution in [0, 0.1) is 5.92 Å². The van der Waals surface area contributed by atoms with Crippen molar-refractivity contribution in [2.45, 2.75) is 51.6 Å². The molecule has 1 aliphatic heterocycles. The van der Waals surface area contributed by atoms with Crippen LogP contribution in [0.4, 0.5) is 13.2 Å². The topological polar surface area (TPSA) is 55.6 Å². The minimum absolute atomic E-state index is 0.00945.